The van der Waals surface area contributed by atoms with Crippen molar-refractivity contribution in [2.45, 2.75) is 37.1 Å². The number of amides is 2. The Morgan fingerprint density at radius 2 is 2.19 bits per heavy atom. The van der Waals surface area contributed by atoms with E-state index in [1.807, 2.05) is 23.1 Å². The Morgan fingerprint density at radius 1 is 1.38 bits per heavy atom. The largest absolute Gasteiger partial charge is 0.315 e. The number of thioether (sulfide) groups is 2. The highest BCUT2D eigenvalue weighted by molar-refractivity contribution is 8.13. The molecule has 5 nitrogen and oxygen atoms in total. The number of fused-ring (bicyclic) bond motifs is 1. The van der Waals surface area contributed by atoms with E-state index in [0.29, 0.717) is 34.6 Å². The SMILES string of the molecule is C[C@]12CCC(=O)N1[C@H](C(=O)N1CCCSC1=Nc1ccccc1Cl)CS2. The maximum absolute atomic E-state index is 13.3. The highest BCUT2D eigenvalue weighted by Crippen LogP contribution is 2.47. The lowest BCUT2D eigenvalue weighted by Crippen LogP contribution is -2.53. The smallest absolute Gasteiger partial charge is 0.252 e. The number of rotatable bonds is 2. The van der Waals surface area contributed by atoms with Crippen LogP contribution >= 0.6 is 35.1 Å². The van der Waals surface area contributed by atoms with Gasteiger partial charge in [0, 0.05) is 24.5 Å². The summed E-state index contributed by atoms with van der Waals surface area (Å²) in [5, 5.41) is 1.25. The van der Waals surface area contributed by atoms with Gasteiger partial charge in [0.25, 0.3) is 5.91 Å². The Bertz CT molecular complexity index is 787. The van der Waals surface area contributed by atoms with Crippen LogP contribution in [0, 0.1) is 0 Å². The van der Waals surface area contributed by atoms with E-state index >= 15 is 0 Å². The number of para-hydroxylation sites is 1. The number of hydrogen-bond acceptors (Lipinski definition) is 5. The second-order valence-corrected chi connectivity index (χ2v) is 9.77. The molecule has 0 aliphatic carbocycles. The van der Waals surface area contributed by atoms with E-state index in [4.69, 9.17) is 11.6 Å². The highest BCUT2D eigenvalue weighted by Gasteiger charge is 2.54. The molecule has 2 amide bonds. The molecule has 4 rings (SSSR count). The molecule has 26 heavy (non-hydrogen) atoms. The third-order valence-corrected chi connectivity index (χ3v) is 7.94. The molecule has 3 aliphatic heterocycles. The topological polar surface area (TPSA) is 53.0 Å². The summed E-state index contributed by atoms with van der Waals surface area (Å²) in [5.41, 5.74) is 0.666. The van der Waals surface area contributed by atoms with Crippen LogP contribution in [0.3, 0.4) is 0 Å². The third-order valence-electron chi connectivity index (χ3n) is 5.05. The van der Waals surface area contributed by atoms with Crippen molar-refractivity contribution >= 4 is 57.8 Å². The van der Waals surface area contributed by atoms with E-state index < -0.39 is 6.04 Å². The third kappa shape index (κ3) is 3.14. The van der Waals surface area contributed by atoms with Crippen molar-refractivity contribution in [3.05, 3.63) is 29.3 Å². The minimum Gasteiger partial charge on any atom is -0.315 e. The minimum atomic E-state index is -0.393. The fourth-order valence-electron chi connectivity index (χ4n) is 3.69. The molecule has 0 unspecified atom stereocenters. The first kappa shape index (κ1) is 18.2. The van der Waals surface area contributed by atoms with Gasteiger partial charge in [-0.25, -0.2) is 4.99 Å². The fraction of sp³-hybridized carbons (Fsp3) is 0.500. The van der Waals surface area contributed by atoms with Crippen LogP contribution in [0.15, 0.2) is 29.3 Å². The van der Waals surface area contributed by atoms with Crippen LogP contribution in [0.5, 0.6) is 0 Å². The molecule has 3 fully saturated rings. The van der Waals surface area contributed by atoms with Gasteiger partial charge in [-0.1, -0.05) is 35.5 Å². The van der Waals surface area contributed by atoms with Crippen molar-refractivity contribution in [2.75, 3.05) is 18.1 Å². The average Bonchev–Trinajstić information content (AvgIpc) is 3.13. The molecule has 8 heteroatoms. The number of halogens is 1. The average molecular weight is 410 g/mol. The second-order valence-electron chi connectivity index (χ2n) is 6.80. The second kappa shape index (κ2) is 7.09. The number of amidine groups is 1. The van der Waals surface area contributed by atoms with Crippen LogP contribution in [-0.2, 0) is 9.59 Å². The fourth-order valence-corrected chi connectivity index (χ4v) is 6.24. The zero-order valence-electron chi connectivity index (χ0n) is 14.5. The highest BCUT2D eigenvalue weighted by atomic mass is 35.5. The molecule has 0 spiro atoms. The van der Waals surface area contributed by atoms with E-state index in [-0.39, 0.29) is 16.7 Å². The summed E-state index contributed by atoms with van der Waals surface area (Å²) in [6, 6.07) is 6.99. The Morgan fingerprint density at radius 3 is 3.00 bits per heavy atom. The van der Waals surface area contributed by atoms with Crippen molar-refractivity contribution in [3.63, 3.8) is 0 Å². The monoisotopic (exact) mass is 409 g/mol. The normalized spacial score (nSPS) is 30.2. The van der Waals surface area contributed by atoms with E-state index in [9.17, 15) is 9.59 Å². The van der Waals surface area contributed by atoms with E-state index in [1.165, 1.54) is 0 Å². The molecule has 3 saturated heterocycles. The van der Waals surface area contributed by atoms with Gasteiger partial charge >= 0.3 is 0 Å². The van der Waals surface area contributed by atoms with Crippen LogP contribution in [0.25, 0.3) is 0 Å². The van der Waals surface area contributed by atoms with E-state index in [0.717, 1.165) is 18.6 Å². The summed E-state index contributed by atoms with van der Waals surface area (Å²) in [6.07, 6.45) is 2.27. The molecule has 0 N–H and O–H groups in total. The predicted octanol–water partition coefficient (Wildman–Crippen LogP) is 3.75. The summed E-state index contributed by atoms with van der Waals surface area (Å²) in [6.45, 7) is 2.70. The number of benzene rings is 1. The zero-order valence-corrected chi connectivity index (χ0v) is 16.9. The van der Waals surface area contributed by atoms with Gasteiger partial charge in [0.1, 0.15) is 6.04 Å². The van der Waals surface area contributed by atoms with Gasteiger partial charge in [0.15, 0.2) is 5.17 Å². The Balaban J connectivity index is 1.62. The Hall–Kier alpha value is -1.18. The van der Waals surface area contributed by atoms with Gasteiger partial charge in [-0.2, -0.15) is 0 Å². The molecule has 0 saturated carbocycles. The first-order valence-electron chi connectivity index (χ1n) is 8.73. The molecule has 2 atom stereocenters. The molecule has 1 aromatic carbocycles. The molecule has 0 bridgehead atoms. The predicted molar refractivity (Wildman–Crippen MR) is 108 cm³/mol. The van der Waals surface area contributed by atoms with Crippen molar-refractivity contribution in [3.8, 4) is 0 Å². The molecule has 138 valence electrons. The summed E-state index contributed by atoms with van der Waals surface area (Å²) in [7, 11) is 0. The lowest BCUT2D eigenvalue weighted by molar-refractivity contribution is -0.141. The van der Waals surface area contributed by atoms with Crippen LogP contribution in [0.4, 0.5) is 5.69 Å². The van der Waals surface area contributed by atoms with Gasteiger partial charge in [0.2, 0.25) is 5.91 Å². The van der Waals surface area contributed by atoms with Crippen LogP contribution < -0.4 is 0 Å². The molecule has 0 aromatic heterocycles. The lowest BCUT2D eigenvalue weighted by Gasteiger charge is -2.34. The number of carbonyl (C=O) groups excluding carboxylic acids is 2. The van der Waals surface area contributed by atoms with Crippen molar-refractivity contribution < 1.29 is 9.59 Å². The van der Waals surface area contributed by atoms with Crippen LogP contribution in [0.1, 0.15) is 26.2 Å². The van der Waals surface area contributed by atoms with Crippen molar-refractivity contribution in [2.24, 2.45) is 4.99 Å². The first-order valence-corrected chi connectivity index (χ1v) is 11.1. The molecule has 0 radical (unpaired) electrons. The lowest BCUT2D eigenvalue weighted by atomic mass is 10.2. The van der Waals surface area contributed by atoms with E-state index in [1.54, 1.807) is 34.5 Å². The standard InChI is InChI=1S/C18H20ClN3O2S2/c1-18-8-7-15(23)22(18)14(11-26-18)16(24)21-9-4-10-25-17(21)20-13-6-3-2-5-12(13)19/h2-3,5-6,14H,4,7-11H2,1H3/t14-,18-/m0/s1. The van der Waals surface area contributed by atoms with Gasteiger partial charge in [-0.05, 0) is 31.9 Å². The van der Waals surface area contributed by atoms with Crippen molar-refractivity contribution in [1.82, 2.24) is 9.80 Å². The maximum Gasteiger partial charge on any atom is 0.252 e. The van der Waals surface area contributed by atoms with Crippen LogP contribution in [-0.4, -0.2) is 55.7 Å². The molecule has 3 heterocycles. The first-order chi connectivity index (χ1) is 12.5. The molecule has 1 aromatic rings. The number of hydrogen-bond donors (Lipinski definition) is 0. The maximum atomic E-state index is 13.3. The number of carbonyl (C=O) groups is 2. The molecule has 3 aliphatic rings. The van der Waals surface area contributed by atoms with Crippen molar-refractivity contribution in [1.29, 1.82) is 0 Å². The molecular formula is C18H20ClN3O2S2. The summed E-state index contributed by atoms with van der Waals surface area (Å²) < 4.78 is 0. The minimum absolute atomic E-state index is 0.0190. The molecular weight excluding hydrogens is 390 g/mol. The van der Waals surface area contributed by atoms with Gasteiger partial charge in [0.05, 0.1) is 15.6 Å². The van der Waals surface area contributed by atoms with Gasteiger partial charge in [-0.3, -0.25) is 14.5 Å². The summed E-state index contributed by atoms with van der Waals surface area (Å²) in [4.78, 5) is 33.7. The van der Waals surface area contributed by atoms with E-state index in [2.05, 4.69) is 11.9 Å². The quantitative estimate of drug-likeness (QED) is 0.746. The van der Waals surface area contributed by atoms with Gasteiger partial charge in [-0.15, -0.1) is 11.8 Å². The zero-order chi connectivity index (χ0) is 18.3. The summed E-state index contributed by atoms with van der Waals surface area (Å²) >= 11 is 9.52. The number of nitrogens with zero attached hydrogens (tertiary/aromatic N) is 3. The van der Waals surface area contributed by atoms with Crippen LogP contribution in [0.2, 0.25) is 5.02 Å². The van der Waals surface area contributed by atoms with Gasteiger partial charge < -0.3 is 4.90 Å². The summed E-state index contributed by atoms with van der Waals surface area (Å²) in [5.74, 6) is 1.65. The Labute approximate surface area is 166 Å². The number of aliphatic imine (C=N–C) groups is 1. The Kier molecular flexibility index (Phi) is 4.96.